The van der Waals surface area contributed by atoms with Crippen molar-refractivity contribution in [2.45, 2.75) is 72.1 Å². The first-order valence-electron chi connectivity index (χ1n) is 12.2. The van der Waals surface area contributed by atoms with Crippen LogP contribution in [0.15, 0.2) is 24.3 Å². The van der Waals surface area contributed by atoms with Gasteiger partial charge in [0.25, 0.3) is 5.91 Å². The van der Waals surface area contributed by atoms with E-state index >= 15 is 0 Å². The second-order valence-electron chi connectivity index (χ2n) is 10.5. The third kappa shape index (κ3) is 6.14. The van der Waals surface area contributed by atoms with Crippen LogP contribution in [0.25, 0.3) is 0 Å². The fraction of sp³-hybridized carbons (Fsp3) is 0.577. The first kappa shape index (κ1) is 27.8. The molecular weight excluding hydrogens is 483 g/mol. The molecule has 0 saturated carbocycles. The molecule has 2 aromatic rings. The lowest BCUT2D eigenvalue weighted by Gasteiger charge is -2.42. The van der Waals surface area contributed by atoms with Crippen molar-refractivity contribution in [3.63, 3.8) is 0 Å². The quantitative estimate of drug-likeness (QED) is 0.416. The molecule has 0 aliphatic carbocycles. The van der Waals surface area contributed by atoms with Crippen LogP contribution in [0.1, 0.15) is 54.1 Å². The molecule has 0 radical (unpaired) electrons. The van der Waals surface area contributed by atoms with Crippen LogP contribution in [0.3, 0.4) is 0 Å². The first-order valence-corrected chi connectivity index (χ1v) is 15.9. The van der Waals surface area contributed by atoms with E-state index in [-0.39, 0.29) is 16.8 Å². The van der Waals surface area contributed by atoms with E-state index in [4.69, 9.17) is 9.16 Å². The highest BCUT2D eigenvalue weighted by atomic mass is 32.1. The number of aliphatic hydroxyl groups excluding tert-OH is 1. The van der Waals surface area contributed by atoms with Crippen LogP contribution in [0.2, 0.25) is 18.1 Å². The van der Waals surface area contributed by atoms with Gasteiger partial charge in [0.1, 0.15) is 10.8 Å². The van der Waals surface area contributed by atoms with E-state index in [0.717, 1.165) is 21.0 Å². The van der Waals surface area contributed by atoms with Crippen molar-refractivity contribution < 1.29 is 23.5 Å². The number of aliphatic hydroxyl groups is 1. The Bertz CT molecular complexity index is 1020. The molecule has 1 aromatic heterocycles. The predicted molar refractivity (Wildman–Crippen MR) is 142 cm³/mol. The van der Waals surface area contributed by atoms with Crippen LogP contribution in [0.5, 0.6) is 0 Å². The van der Waals surface area contributed by atoms with Gasteiger partial charge in [0.05, 0.1) is 18.8 Å². The third-order valence-electron chi connectivity index (χ3n) is 7.11. The van der Waals surface area contributed by atoms with E-state index in [1.165, 1.54) is 28.4 Å². The molecule has 1 aromatic carbocycles. The monoisotopic (exact) mass is 522 g/mol. The second-order valence-corrected chi connectivity index (χ2v) is 16.4. The molecule has 0 saturated heterocycles. The summed E-state index contributed by atoms with van der Waals surface area (Å²) < 4.78 is 25.3. The van der Waals surface area contributed by atoms with Crippen LogP contribution < -0.4 is 4.90 Å². The van der Waals surface area contributed by atoms with Gasteiger partial charge in [0.15, 0.2) is 8.32 Å². The molecule has 1 aliphatic rings. The number of amides is 1. The average Bonchev–Trinajstić information content (AvgIpc) is 3.11. The van der Waals surface area contributed by atoms with Crippen LogP contribution in [0.4, 0.5) is 9.39 Å². The van der Waals surface area contributed by atoms with E-state index in [9.17, 15) is 14.3 Å². The lowest BCUT2D eigenvalue weighted by atomic mass is 10.1. The average molecular weight is 523 g/mol. The maximum absolute atomic E-state index is 13.6. The molecule has 0 bridgehead atoms. The molecule has 0 fully saturated rings. The molecule has 1 unspecified atom stereocenters. The topological polar surface area (TPSA) is 62.2 Å². The number of carbonyl (C=O) groups excluding carboxylic acids is 1. The zero-order valence-corrected chi connectivity index (χ0v) is 23.8. The van der Waals surface area contributed by atoms with Crippen molar-refractivity contribution in [2.24, 2.45) is 0 Å². The van der Waals surface area contributed by atoms with Crippen LogP contribution >= 0.6 is 11.3 Å². The fourth-order valence-corrected chi connectivity index (χ4v) is 6.11. The molecule has 194 valence electrons. The number of ether oxygens (including phenoxy) is 1. The highest BCUT2D eigenvalue weighted by molar-refractivity contribution is 7.16. The number of thiophene rings is 1. The Kier molecular flexibility index (Phi) is 8.80. The highest BCUT2D eigenvalue weighted by Crippen LogP contribution is 2.42. The summed E-state index contributed by atoms with van der Waals surface area (Å²) in [4.78, 5) is 17.9. The molecule has 2 heterocycles. The Labute approximate surface area is 213 Å². The molecule has 1 atom stereocenters. The van der Waals surface area contributed by atoms with E-state index in [1.807, 2.05) is 18.7 Å². The summed E-state index contributed by atoms with van der Waals surface area (Å²) in [5.41, 5.74) is 2.49. The van der Waals surface area contributed by atoms with Crippen molar-refractivity contribution in [3.8, 4) is 0 Å². The van der Waals surface area contributed by atoms with Gasteiger partial charge < -0.3 is 19.2 Å². The molecule has 3 rings (SSSR count). The summed E-state index contributed by atoms with van der Waals surface area (Å²) in [7, 11) is -1.99. The van der Waals surface area contributed by atoms with Crippen LogP contribution in [-0.2, 0) is 22.2 Å². The molecular formula is C26H39FN2O4SSi. The van der Waals surface area contributed by atoms with E-state index in [2.05, 4.69) is 33.9 Å². The highest BCUT2D eigenvalue weighted by Gasteiger charge is 2.41. The lowest BCUT2D eigenvalue weighted by molar-refractivity contribution is -0.00329. The standard InChI is InChI=1S/C26H39FN2O4SSi/c1-8-32-17-21-18(2)22-23(30)28(15-16-33-35(6,7)26(3,4)5)25(31)29(24(22)34-21)14-13-19-9-11-20(27)12-10-19/h9-12,25,31H,8,13-17H2,1-7H3. The number of fused-ring (bicyclic) bond motifs is 1. The second kappa shape index (κ2) is 11.1. The van der Waals surface area contributed by atoms with Crippen molar-refractivity contribution in [1.82, 2.24) is 4.90 Å². The molecule has 6 nitrogen and oxygen atoms in total. The van der Waals surface area contributed by atoms with Crippen molar-refractivity contribution >= 4 is 30.6 Å². The Morgan fingerprint density at radius 3 is 2.40 bits per heavy atom. The zero-order chi connectivity index (χ0) is 26.0. The summed E-state index contributed by atoms with van der Waals surface area (Å²) in [6.45, 7) is 17.0. The van der Waals surface area contributed by atoms with Crippen molar-refractivity contribution in [1.29, 1.82) is 0 Å². The SMILES string of the molecule is CCOCc1sc2c(c1C)C(=O)N(CCO[Si](C)(C)C(C)(C)C)C(O)N2CCc1ccc(F)cc1. The van der Waals surface area contributed by atoms with Crippen LogP contribution in [-0.4, -0.2) is 56.9 Å². The van der Waals surface area contributed by atoms with Crippen molar-refractivity contribution in [2.75, 3.05) is 31.2 Å². The number of nitrogens with zero attached hydrogens (tertiary/aromatic N) is 2. The Hall–Kier alpha value is -1.78. The summed E-state index contributed by atoms with van der Waals surface area (Å²) in [5.74, 6) is -0.456. The Balaban J connectivity index is 1.86. The molecule has 9 heteroatoms. The zero-order valence-electron chi connectivity index (χ0n) is 22.0. The summed E-state index contributed by atoms with van der Waals surface area (Å²) in [6, 6.07) is 6.39. The maximum atomic E-state index is 13.6. The number of halogens is 1. The van der Waals surface area contributed by atoms with Gasteiger partial charge in [-0.1, -0.05) is 32.9 Å². The van der Waals surface area contributed by atoms with Gasteiger partial charge in [-0.2, -0.15) is 0 Å². The minimum Gasteiger partial charge on any atom is -0.415 e. The summed E-state index contributed by atoms with van der Waals surface area (Å²) in [6.07, 6.45) is -0.492. The fourth-order valence-electron chi connectivity index (χ4n) is 3.80. The van der Waals surface area contributed by atoms with Gasteiger partial charge >= 0.3 is 0 Å². The summed E-state index contributed by atoms with van der Waals surface area (Å²) in [5, 5.41) is 12.2. The van der Waals surface area contributed by atoms with Gasteiger partial charge in [0.2, 0.25) is 6.35 Å². The normalized spacial score (nSPS) is 16.7. The smallest absolute Gasteiger partial charge is 0.260 e. The number of benzene rings is 1. The number of hydrogen-bond acceptors (Lipinski definition) is 6. The minimum absolute atomic E-state index is 0.0595. The molecule has 1 aliphatic heterocycles. The maximum Gasteiger partial charge on any atom is 0.260 e. The molecule has 1 N–H and O–H groups in total. The van der Waals surface area contributed by atoms with Gasteiger partial charge in [0, 0.05) is 24.6 Å². The third-order valence-corrected chi connectivity index (χ3v) is 13.0. The number of carbonyl (C=O) groups is 1. The largest absolute Gasteiger partial charge is 0.415 e. The van der Waals surface area contributed by atoms with Gasteiger partial charge in [-0.3, -0.25) is 9.69 Å². The number of anilines is 1. The lowest BCUT2D eigenvalue weighted by Crippen LogP contribution is -2.56. The Morgan fingerprint density at radius 2 is 1.80 bits per heavy atom. The molecule has 35 heavy (non-hydrogen) atoms. The number of hydrogen-bond donors (Lipinski definition) is 1. The predicted octanol–water partition coefficient (Wildman–Crippen LogP) is 5.53. The van der Waals surface area contributed by atoms with Gasteiger partial charge in [-0.05, 0) is 61.7 Å². The Morgan fingerprint density at radius 1 is 1.14 bits per heavy atom. The minimum atomic E-state index is -1.99. The summed E-state index contributed by atoms with van der Waals surface area (Å²) >= 11 is 1.50. The van der Waals surface area contributed by atoms with E-state index in [0.29, 0.717) is 44.9 Å². The van der Waals surface area contributed by atoms with Gasteiger partial charge in [-0.25, -0.2) is 4.39 Å². The van der Waals surface area contributed by atoms with Crippen LogP contribution in [0, 0.1) is 12.7 Å². The van der Waals surface area contributed by atoms with Gasteiger partial charge in [-0.15, -0.1) is 11.3 Å². The molecule has 0 spiro atoms. The van der Waals surface area contributed by atoms with Crippen molar-refractivity contribution in [3.05, 3.63) is 51.7 Å². The molecule has 1 amide bonds. The van der Waals surface area contributed by atoms with E-state index in [1.54, 1.807) is 12.1 Å². The first-order chi connectivity index (χ1) is 16.4. The number of rotatable bonds is 10. The van der Waals surface area contributed by atoms with E-state index < -0.39 is 14.7 Å².